The van der Waals surface area contributed by atoms with Crippen molar-refractivity contribution >= 4 is 84.3 Å². The van der Waals surface area contributed by atoms with Crippen molar-refractivity contribution < 1.29 is 32.6 Å². The van der Waals surface area contributed by atoms with E-state index in [0.717, 1.165) is 80.1 Å². The number of halogens is 3. The molecule has 4 aliphatic rings. The van der Waals surface area contributed by atoms with Crippen molar-refractivity contribution in [2.75, 3.05) is 70.2 Å². The summed E-state index contributed by atoms with van der Waals surface area (Å²) in [7, 11) is 1.43. The lowest BCUT2D eigenvalue weighted by Gasteiger charge is -2.34. The van der Waals surface area contributed by atoms with Gasteiger partial charge in [0.25, 0.3) is 0 Å². The smallest absolute Gasteiger partial charge is 0.318 e. The number of carbonyl (C=O) groups is 3. The number of ether oxygens (including phenoxy) is 2. The topological polar surface area (TPSA) is 218 Å². The van der Waals surface area contributed by atoms with Crippen LogP contribution in [0.4, 0.5) is 19.6 Å². The van der Waals surface area contributed by atoms with E-state index >= 15 is 4.39 Å². The van der Waals surface area contributed by atoms with Gasteiger partial charge in [-0.05, 0) is 113 Å². The zero-order chi connectivity index (χ0) is 57.7. The van der Waals surface area contributed by atoms with Gasteiger partial charge in [-0.15, -0.1) is 22.7 Å². The number of nitrogen functional groups attached to an aromatic ring is 1. The van der Waals surface area contributed by atoms with Gasteiger partial charge in [-0.3, -0.25) is 14.4 Å². The Morgan fingerprint density at radius 1 is 1.02 bits per heavy atom. The number of carbonyl (C=O) groups excluding carboxylic acids is 3. The van der Waals surface area contributed by atoms with Crippen molar-refractivity contribution in [3.63, 3.8) is 0 Å². The molecule has 7 heterocycles. The molecule has 0 saturated carbocycles. The van der Waals surface area contributed by atoms with Gasteiger partial charge < -0.3 is 46.3 Å². The summed E-state index contributed by atoms with van der Waals surface area (Å²) in [4.78, 5) is 54.9. The van der Waals surface area contributed by atoms with Gasteiger partial charge in [0.15, 0.2) is 5.82 Å². The second-order valence-corrected chi connectivity index (χ2v) is 24.2. The molecule has 80 heavy (non-hydrogen) atoms. The summed E-state index contributed by atoms with van der Waals surface area (Å²) < 4.78 is 41.8. The molecule has 4 saturated heterocycles. The fourth-order valence-corrected chi connectivity index (χ4v) is 12.8. The lowest BCUT2D eigenvalue weighted by atomic mass is 9.91. The molecule has 4 atom stereocenters. The number of aromatic nitrogens is 3. The molecule has 6 aromatic rings. The van der Waals surface area contributed by atoms with Gasteiger partial charge in [0.1, 0.15) is 34.3 Å². The number of nitrogens with two attached hydrogens (primary N) is 2. The Morgan fingerprint density at radius 3 is 2.34 bits per heavy atom. The Morgan fingerprint density at radius 2 is 1.71 bits per heavy atom. The number of aryl methyl sites for hydroxylation is 1. The van der Waals surface area contributed by atoms with E-state index in [-0.39, 0.29) is 84.1 Å². The van der Waals surface area contributed by atoms with Crippen LogP contribution in [0.5, 0.6) is 6.01 Å². The van der Waals surface area contributed by atoms with Crippen molar-refractivity contribution in [2.24, 2.45) is 11.1 Å². The third-order valence-corrected chi connectivity index (χ3v) is 17.0. The number of amides is 3. The van der Waals surface area contributed by atoms with Gasteiger partial charge in [-0.2, -0.15) is 15.2 Å². The first-order valence-corrected chi connectivity index (χ1v) is 29.7. The van der Waals surface area contributed by atoms with Crippen LogP contribution in [-0.4, -0.2) is 121 Å². The van der Waals surface area contributed by atoms with Crippen molar-refractivity contribution in [1.82, 2.24) is 35.4 Å². The molecule has 10 rings (SSSR count). The molecule has 16 nitrogen and oxygen atoms in total. The summed E-state index contributed by atoms with van der Waals surface area (Å²) >= 11 is 9.25. The molecule has 3 aromatic carbocycles. The normalized spacial score (nSPS) is 18.1. The number of likely N-dealkylation sites (tertiary alicyclic amines) is 2. The second-order valence-electron chi connectivity index (χ2n) is 21.9. The lowest BCUT2D eigenvalue weighted by molar-refractivity contribution is -0.140. The zero-order valence-corrected chi connectivity index (χ0v) is 49.4. The van der Waals surface area contributed by atoms with Gasteiger partial charge in [0.2, 0.25) is 18.2 Å². The van der Waals surface area contributed by atoms with E-state index < -0.39 is 11.6 Å². The molecule has 4 fully saturated rings. The summed E-state index contributed by atoms with van der Waals surface area (Å²) in [5.74, 6) is -0.668. The van der Waals surface area contributed by atoms with E-state index in [2.05, 4.69) is 93.1 Å². The highest BCUT2D eigenvalue weighted by Crippen LogP contribution is 2.46. The number of methoxy groups -OCH3 is 1. The zero-order valence-electron chi connectivity index (χ0n) is 47.0. The monoisotopic (exact) mass is 1160 g/mol. The number of primary amides is 1. The van der Waals surface area contributed by atoms with Crippen molar-refractivity contribution in [1.29, 1.82) is 5.26 Å². The van der Waals surface area contributed by atoms with Gasteiger partial charge in [0, 0.05) is 74.2 Å². The number of fused-ring (bicyclic) bond motifs is 4. The number of piperazine rings is 1. The van der Waals surface area contributed by atoms with E-state index in [9.17, 15) is 19.2 Å². The predicted molar refractivity (Wildman–Crippen MR) is 317 cm³/mol. The van der Waals surface area contributed by atoms with Crippen LogP contribution in [0.25, 0.3) is 42.6 Å². The van der Waals surface area contributed by atoms with E-state index in [4.69, 9.17) is 31.6 Å². The molecule has 3 unspecified atom stereocenters. The summed E-state index contributed by atoms with van der Waals surface area (Å²) in [6.45, 7) is 20.3. The molecular formula is C59H76ClF2N11O5S2. The summed E-state index contributed by atoms with van der Waals surface area (Å²) in [5.41, 5.74) is 15.6. The Hall–Kier alpha value is -6.08. The Balaban J connectivity index is 0.000000185. The van der Waals surface area contributed by atoms with Crippen LogP contribution < -0.4 is 31.7 Å². The number of hydrogen-bond donors (Lipinski definition) is 4. The fraction of sp³-hybridized carbons (Fsp3) is 0.508. The van der Waals surface area contributed by atoms with E-state index in [1.807, 2.05) is 25.4 Å². The maximum atomic E-state index is 16.3. The summed E-state index contributed by atoms with van der Waals surface area (Å²) in [6.07, 6.45) is 10.9. The van der Waals surface area contributed by atoms with Crippen LogP contribution in [0, 0.1) is 35.3 Å². The van der Waals surface area contributed by atoms with Crippen LogP contribution in [0.2, 0.25) is 5.02 Å². The molecule has 0 aliphatic carbocycles. The van der Waals surface area contributed by atoms with Crippen molar-refractivity contribution in [3.05, 3.63) is 81.5 Å². The predicted octanol–water partition coefficient (Wildman–Crippen LogP) is 11.0. The van der Waals surface area contributed by atoms with Gasteiger partial charge in [-0.1, -0.05) is 76.0 Å². The average molecular weight is 1160 g/mol. The second kappa shape index (κ2) is 28.6. The first kappa shape index (κ1) is 61.5. The number of hydrogen-bond acceptors (Lipinski definition) is 15. The Labute approximate surface area is 481 Å². The van der Waals surface area contributed by atoms with Crippen LogP contribution in [-0.2, 0) is 19.1 Å². The number of nitriles is 1. The molecule has 6 N–H and O–H groups in total. The number of nitrogens with zero attached hydrogens (tertiary/aromatic N) is 7. The molecule has 0 radical (unpaired) electrons. The Kier molecular flexibility index (Phi) is 22.0. The molecule has 0 spiro atoms. The minimum atomic E-state index is -0.700. The number of thiazole rings is 1. The standard InChI is InChI=1S/C24H19ClF2N6OS.C23H31N3O2S.C11H23NO.CH3NO/c1-34-24-31-20-13(23(32-24)33-8-10-2-3-11(9-33)30-10)6-15(25)18(19(20)27)12-4-5-16(26)21-17(12)14(7-28)22(29)35-21;1-15(17-8-10-18(11-9-17)21-16(2)24-14-29-21)25-22(28)19-7-6-12-26(19)20(27)13-23(3,4)5;1-2-3-10-13-11-6-9-12-7-4-5-8-12;2-1-3/h4-6,10-11,30H,2-3,8-9,29H2,1H3;8-11,14-15,19H,6-7,12-13H2,1-5H3,(H,25,28);2-11H2,1H3;1H,(H2,2,3)/t;15?,19-;;/m.0../s1. The molecule has 2 bridgehead atoms. The maximum Gasteiger partial charge on any atom is 0.318 e. The molecule has 4 aliphatic heterocycles. The van der Waals surface area contributed by atoms with Gasteiger partial charge >= 0.3 is 6.01 Å². The fourth-order valence-electron chi connectivity index (χ4n) is 10.8. The molecule has 430 valence electrons. The molecule has 21 heteroatoms. The van der Waals surface area contributed by atoms with Crippen molar-refractivity contribution in [3.8, 4) is 33.6 Å². The molecule has 3 amide bonds. The highest BCUT2D eigenvalue weighted by molar-refractivity contribution is 7.23. The third kappa shape index (κ3) is 15.3. The summed E-state index contributed by atoms with van der Waals surface area (Å²) in [6, 6.07) is 14.8. The quantitative estimate of drug-likeness (QED) is 0.0556. The van der Waals surface area contributed by atoms with Crippen LogP contribution in [0.1, 0.15) is 122 Å². The number of nitrogens with one attached hydrogen (secondary N) is 2. The summed E-state index contributed by atoms with van der Waals surface area (Å²) in [5, 5.41) is 17.3. The van der Waals surface area contributed by atoms with Gasteiger partial charge in [0.05, 0.1) is 44.5 Å². The number of benzene rings is 3. The van der Waals surface area contributed by atoms with E-state index in [1.54, 1.807) is 22.3 Å². The maximum absolute atomic E-state index is 16.3. The highest BCUT2D eigenvalue weighted by Gasteiger charge is 2.37. The number of anilines is 2. The number of unbranched alkanes of at least 4 members (excludes halogenated alkanes) is 1. The number of thiophene rings is 1. The average Bonchev–Trinajstić information content (AvgIpc) is 4.42. The first-order valence-electron chi connectivity index (χ1n) is 27.6. The lowest BCUT2D eigenvalue weighted by Crippen LogP contribution is -2.51. The number of rotatable bonds is 15. The van der Waals surface area contributed by atoms with E-state index in [0.29, 0.717) is 36.3 Å². The SMILES string of the molecule is CCCCOCCCN1CCCC1.COc1nc(N2CC3CCC(C2)N3)c2cc(Cl)c(-c3ccc(F)c4sc(N)c(C#N)c34)c(F)c2n1.Cc1ncsc1-c1ccc(C(C)NC(=O)[C@@H]2CCCN2C(=O)CC(C)(C)C)cc1.NC=O. The minimum Gasteiger partial charge on any atom is -0.467 e. The van der Waals surface area contributed by atoms with Gasteiger partial charge in [-0.25, -0.2) is 13.8 Å². The van der Waals surface area contributed by atoms with Crippen LogP contribution in [0.3, 0.4) is 0 Å². The van der Waals surface area contributed by atoms with Crippen LogP contribution in [0.15, 0.2) is 48.0 Å². The van der Waals surface area contributed by atoms with Crippen LogP contribution >= 0.6 is 34.3 Å². The van der Waals surface area contributed by atoms with Crippen molar-refractivity contribution in [2.45, 2.75) is 130 Å². The first-order chi connectivity index (χ1) is 38.4. The Bertz CT molecular complexity index is 3110. The highest BCUT2D eigenvalue weighted by atomic mass is 35.5. The minimum absolute atomic E-state index is 0.0190. The largest absolute Gasteiger partial charge is 0.467 e. The molecular weight excluding hydrogens is 1080 g/mol. The molecule has 3 aromatic heterocycles. The van der Waals surface area contributed by atoms with E-state index in [1.165, 1.54) is 75.9 Å². The third-order valence-electron chi connectivity index (χ3n) is 14.7.